The number of carbonyl (C=O) groups is 1. The Balaban J connectivity index is 2.09. The Morgan fingerprint density at radius 3 is 2.81 bits per heavy atom. The molecule has 5 nitrogen and oxygen atoms in total. The standard InChI is InChI=1S/C15H16ClN3O2/c1-19(2)14-11(4-3-7-17-14)9-18-15(21)10-5-6-13(20)12(16)8-10/h3-8,20H,9H2,1-2H3,(H,18,21). The number of nitrogens with zero attached hydrogens (tertiary/aromatic N) is 2. The molecule has 2 aromatic rings. The number of carbonyl (C=O) groups excluding carboxylic acids is 1. The Kier molecular flexibility index (Phi) is 4.65. The number of phenolic OH excluding ortho intramolecular Hbond substituents is 1. The van der Waals surface area contributed by atoms with E-state index in [0.29, 0.717) is 12.1 Å². The Bertz CT molecular complexity index is 659. The average molecular weight is 306 g/mol. The molecule has 2 N–H and O–H groups in total. The Hall–Kier alpha value is -2.27. The van der Waals surface area contributed by atoms with Crippen molar-refractivity contribution >= 4 is 23.3 Å². The Labute approximate surface area is 128 Å². The van der Waals surface area contributed by atoms with Gasteiger partial charge in [-0.25, -0.2) is 4.98 Å². The molecular formula is C15H16ClN3O2. The molecule has 1 aromatic carbocycles. The van der Waals surface area contributed by atoms with Gasteiger partial charge in [0.05, 0.1) is 5.02 Å². The van der Waals surface area contributed by atoms with E-state index in [1.807, 2.05) is 31.1 Å². The number of benzene rings is 1. The van der Waals surface area contributed by atoms with Crippen LogP contribution in [0.5, 0.6) is 5.75 Å². The topological polar surface area (TPSA) is 65.5 Å². The summed E-state index contributed by atoms with van der Waals surface area (Å²) in [5.74, 6) is 0.502. The van der Waals surface area contributed by atoms with Crippen molar-refractivity contribution in [3.63, 3.8) is 0 Å². The third-order valence-electron chi connectivity index (χ3n) is 2.94. The molecule has 110 valence electrons. The summed E-state index contributed by atoms with van der Waals surface area (Å²) in [5, 5.41) is 12.3. The fourth-order valence-electron chi connectivity index (χ4n) is 1.90. The highest BCUT2D eigenvalue weighted by Crippen LogP contribution is 2.23. The molecule has 1 aromatic heterocycles. The van der Waals surface area contributed by atoms with Gasteiger partial charge in [-0.2, -0.15) is 0 Å². The van der Waals surface area contributed by atoms with Gasteiger partial charge in [0.15, 0.2) is 0 Å². The SMILES string of the molecule is CN(C)c1ncccc1CNC(=O)c1ccc(O)c(Cl)c1. The van der Waals surface area contributed by atoms with Gasteiger partial charge in [-0.3, -0.25) is 4.79 Å². The van der Waals surface area contributed by atoms with Gasteiger partial charge in [0.25, 0.3) is 5.91 Å². The van der Waals surface area contributed by atoms with E-state index in [1.54, 1.807) is 6.20 Å². The van der Waals surface area contributed by atoms with Crippen LogP contribution in [0.3, 0.4) is 0 Å². The largest absolute Gasteiger partial charge is 0.506 e. The first-order valence-electron chi connectivity index (χ1n) is 6.37. The second-order valence-corrected chi connectivity index (χ2v) is 5.14. The molecule has 21 heavy (non-hydrogen) atoms. The van der Waals surface area contributed by atoms with Crippen molar-refractivity contribution in [2.75, 3.05) is 19.0 Å². The fourth-order valence-corrected chi connectivity index (χ4v) is 2.08. The van der Waals surface area contributed by atoms with Crippen LogP contribution in [-0.4, -0.2) is 30.1 Å². The van der Waals surface area contributed by atoms with Gasteiger partial charge in [-0.05, 0) is 24.3 Å². The molecule has 0 saturated carbocycles. The lowest BCUT2D eigenvalue weighted by Gasteiger charge is -2.16. The van der Waals surface area contributed by atoms with Crippen LogP contribution >= 0.6 is 11.6 Å². The van der Waals surface area contributed by atoms with Gasteiger partial charge in [-0.1, -0.05) is 17.7 Å². The number of phenols is 1. The number of hydrogen-bond acceptors (Lipinski definition) is 4. The summed E-state index contributed by atoms with van der Waals surface area (Å²) in [6.45, 7) is 0.360. The second-order valence-electron chi connectivity index (χ2n) is 4.73. The van der Waals surface area contributed by atoms with Crippen molar-refractivity contribution in [3.05, 3.63) is 52.7 Å². The fraction of sp³-hybridized carbons (Fsp3) is 0.200. The Morgan fingerprint density at radius 1 is 1.38 bits per heavy atom. The molecule has 0 atom stereocenters. The molecule has 0 spiro atoms. The maximum absolute atomic E-state index is 12.1. The van der Waals surface area contributed by atoms with Crippen molar-refractivity contribution < 1.29 is 9.90 Å². The molecule has 1 heterocycles. The second kappa shape index (κ2) is 6.45. The van der Waals surface area contributed by atoms with Crippen LogP contribution in [0.4, 0.5) is 5.82 Å². The minimum absolute atomic E-state index is 0.0460. The number of aromatic hydroxyl groups is 1. The number of pyridine rings is 1. The zero-order chi connectivity index (χ0) is 15.4. The van der Waals surface area contributed by atoms with E-state index in [2.05, 4.69) is 10.3 Å². The number of nitrogens with one attached hydrogen (secondary N) is 1. The molecule has 0 saturated heterocycles. The predicted octanol–water partition coefficient (Wildman–Crippen LogP) is 2.44. The molecule has 0 aliphatic heterocycles. The van der Waals surface area contributed by atoms with Gasteiger partial charge in [-0.15, -0.1) is 0 Å². The third kappa shape index (κ3) is 3.64. The van der Waals surface area contributed by atoms with E-state index in [-0.39, 0.29) is 16.7 Å². The van der Waals surface area contributed by atoms with Gasteiger partial charge in [0.1, 0.15) is 11.6 Å². The minimum Gasteiger partial charge on any atom is -0.506 e. The van der Waals surface area contributed by atoms with Crippen LogP contribution in [0.25, 0.3) is 0 Å². The van der Waals surface area contributed by atoms with Crippen molar-refractivity contribution in [1.29, 1.82) is 0 Å². The highest BCUT2D eigenvalue weighted by atomic mass is 35.5. The molecule has 6 heteroatoms. The molecule has 0 aliphatic rings. The number of aromatic nitrogens is 1. The first-order valence-corrected chi connectivity index (χ1v) is 6.74. The van der Waals surface area contributed by atoms with Crippen LogP contribution in [0, 0.1) is 0 Å². The van der Waals surface area contributed by atoms with Crippen LogP contribution in [-0.2, 0) is 6.54 Å². The average Bonchev–Trinajstić information content (AvgIpc) is 2.47. The molecule has 2 rings (SSSR count). The quantitative estimate of drug-likeness (QED) is 0.910. The van der Waals surface area contributed by atoms with E-state index in [0.717, 1.165) is 11.4 Å². The smallest absolute Gasteiger partial charge is 0.251 e. The van der Waals surface area contributed by atoms with E-state index >= 15 is 0 Å². The molecule has 1 amide bonds. The number of anilines is 1. The molecule has 0 unspecified atom stereocenters. The van der Waals surface area contributed by atoms with E-state index < -0.39 is 0 Å². The Morgan fingerprint density at radius 2 is 2.14 bits per heavy atom. The first-order chi connectivity index (χ1) is 9.99. The highest BCUT2D eigenvalue weighted by Gasteiger charge is 2.10. The van der Waals surface area contributed by atoms with Gasteiger partial charge in [0.2, 0.25) is 0 Å². The zero-order valence-corrected chi connectivity index (χ0v) is 12.6. The summed E-state index contributed by atoms with van der Waals surface area (Å²) in [7, 11) is 3.79. The summed E-state index contributed by atoms with van der Waals surface area (Å²) in [5.41, 5.74) is 1.31. The maximum atomic E-state index is 12.1. The van der Waals surface area contributed by atoms with Crippen LogP contribution < -0.4 is 10.2 Å². The highest BCUT2D eigenvalue weighted by molar-refractivity contribution is 6.32. The lowest BCUT2D eigenvalue weighted by Crippen LogP contribution is -2.24. The normalized spacial score (nSPS) is 10.2. The summed E-state index contributed by atoms with van der Waals surface area (Å²) in [4.78, 5) is 18.2. The first kappa shape index (κ1) is 15.1. The van der Waals surface area contributed by atoms with Crippen molar-refractivity contribution in [2.24, 2.45) is 0 Å². The number of halogens is 1. The molecule has 0 bridgehead atoms. The molecular weight excluding hydrogens is 290 g/mol. The molecule has 0 radical (unpaired) electrons. The monoisotopic (exact) mass is 305 g/mol. The maximum Gasteiger partial charge on any atom is 0.251 e. The third-order valence-corrected chi connectivity index (χ3v) is 3.24. The lowest BCUT2D eigenvalue weighted by molar-refractivity contribution is 0.0951. The van der Waals surface area contributed by atoms with Gasteiger partial charge < -0.3 is 15.3 Å². The van der Waals surface area contributed by atoms with Crippen LogP contribution in [0.1, 0.15) is 15.9 Å². The lowest BCUT2D eigenvalue weighted by atomic mass is 10.2. The van der Waals surface area contributed by atoms with Gasteiger partial charge >= 0.3 is 0 Å². The zero-order valence-electron chi connectivity index (χ0n) is 11.8. The molecule has 0 aliphatic carbocycles. The molecule has 0 fully saturated rings. The van der Waals surface area contributed by atoms with Crippen molar-refractivity contribution in [1.82, 2.24) is 10.3 Å². The summed E-state index contributed by atoms with van der Waals surface area (Å²) in [6, 6.07) is 8.08. The number of hydrogen-bond donors (Lipinski definition) is 2. The number of rotatable bonds is 4. The van der Waals surface area contributed by atoms with E-state index in [9.17, 15) is 9.90 Å². The van der Waals surface area contributed by atoms with E-state index in [1.165, 1.54) is 18.2 Å². The minimum atomic E-state index is -0.259. The predicted molar refractivity (Wildman–Crippen MR) is 82.9 cm³/mol. The summed E-state index contributed by atoms with van der Waals surface area (Å²) in [6.07, 6.45) is 1.71. The van der Waals surface area contributed by atoms with Crippen molar-refractivity contribution in [2.45, 2.75) is 6.54 Å². The summed E-state index contributed by atoms with van der Waals surface area (Å²) >= 11 is 5.80. The summed E-state index contributed by atoms with van der Waals surface area (Å²) < 4.78 is 0. The van der Waals surface area contributed by atoms with Crippen molar-refractivity contribution in [3.8, 4) is 5.75 Å². The van der Waals surface area contributed by atoms with E-state index in [4.69, 9.17) is 11.6 Å². The number of amides is 1. The van der Waals surface area contributed by atoms with Crippen LogP contribution in [0.15, 0.2) is 36.5 Å². The van der Waals surface area contributed by atoms with Gasteiger partial charge in [0, 0.05) is 38.0 Å². The van der Waals surface area contributed by atoms with Crippen LogP contribution in [0.2, 0.25) is 5.02 Å².